The van der Waals surface area contributed by atoms with Crippen LogP contribution in [0.5, 0.6) is 0 Å². The molecule has 13 heavy (non-hydrogen) atoms. The monoisotopic (exact) mass is 186 g/mol. The van der Waals surface area contributed by atoms with E-state index in [1.807, 2.05) is 0 Å². The zero-order valence-corrected chi connectivity index (χ0v) is 9.03. The molecule has 1 N–H and O–H groups in total. The third-order valence-corrected chi connectivity index (χ3v) is 2.02. The van der Waals surface area contributed by atoms with Crippen LogP contribution in [-0.2, 0) is 0 Å². The topological polar surface area (TPSA) is 35.8 Å². The van der Waals surface area contributed by atoms with E-state index in [4.69, 9.17) is 0 Å². The number of hydrogen-bond acceptors (Lipinski definition) is 3. The number of rotatable bonds is 7. The highest BCUT2D eigenvalue weighted by Crippen LogP contribution is 1.95. The van der Waals surface area contributed by atoms with Gasteiger partial charge in [0.25, 0.3) is 0 Å². The first-order valence-electron chi connectivity index (χ1n) is 4.99. The first kappa shape index (κ1) is 12.6. The summed E-state index contributed by atoms with van der Waals surface area (Å²) < 4.78 is 0. The SMILES string of the molecule is CCCCN(C)CC[C@@H](O)/C=N\C. The molecule has 3 nitrogen and oxygen atoms in total. The molecule has 0 fully saturated rings. The summed E-state index contributed by atoms with van der Waals surface area (Å²) in [5, 5.41) is 9.35. The molecular weight excluding hydrogens is 164 g/mol. The van der Waals surface area contributed by atoms with Crippen LogP contribution in [0.1, 0.15) is 26.2 Å². The second kappa shape index (κ2) is 8.20. The Bertz CT molecular complexity index is 137. The molecule has 0 unspecified atom stereocenters. The van der Waals surface area contributed by atoms with Crippen molar-refractivity contribution in [2.45, 2.75) is 32.3 Å². The number of unbranched alkanes of at least 4 members (excludes halogenated alkanes) is 1. The molecule has 0 rings (SSSR count). The smallest absolute Gasteiger partial charge is 0.0898 e. The van der Waals surface area contributed by atoms with E-state index in [2.05, 4.69) is 23.9 Å². The van der Waals surface area contributed by atoms with Crippen molar-refractivity contribution in [3.8, 4) is 0 Å². The number of aliphatic imine (C=N–C) groups is 1. The van der Waals surface area contributed by atoms with Gasteiger partial charge in [0.15, 0.2) is 0 Å². The van der Waals surface area contributed by atoms with Gasteiger partial charge in [-0.3, -0.25) is 4.99 Å². The fourth-order valence-electron chi connectivity index (χ4n) is 1.14. The third-order valence-electron chi connectivity index (χ3n) is 2.02. The van der Waals surface area contributed by atoms with Gasteiger partial charge >= 0.3 is 0 Å². The molecule has 0 aliphatic heterocycles. The first-order chi connectivity index (χ1) is 6.20. The first-order valence-corrected chi connectivity index (χ1v) is 4.99. The molecule has 3 heteroatoms. The standard InChI is InChI=1S/C10H22N2O/c1-4-5-7-12(3)8-6-10(13)9-11-2/h9-10,13H,4-8H2,1-3H3/b11-9-/t10-/m1/s1. The summed E-state index contributed by atoms with van der Waals surface area (Å²) in [5.74, 6) is 0. The Morgan fingerprint density at radius 3 is 2.69 bits per heavy atom. The van der Waals surface area contributed by atoms with Crippen LogP contribution >= 0.6 is 0 Å². The fourth-order valence-corrected chi connectivity index (χ4v) is 1.14. The van der Waals surface area contributed by atoms with E-state index < -0.39 is 0 Å². The lowest BCUT2D eigenvalue weighted by Gasteiger charge is -2.16. The quantitative estimate of drug-likeness (QED) is 0.606. The second-order valence-corrected chi connectivity index (χ2v) is 3.42. The molecule has 0 aliphatic rings. The van der Waals surface area contributed by atoms with Gasteiger partial charge in [-0.25, -0.2) is 0 Å². The average molecular weight is 186 g/mol. The van der Waals surface area contributed by atoms with E-state index in [-0.39, 0.29) is 6.10 Å². The van der Waals surface area contributed by atoms with Crippen LogP contribution in [0.25, 0.3) is 0 Å². The molecule has 0 bridgehead atoms. The highest BCUT2D eigenvalue weighted by molar-refractivity contribution is 5.62. The minimum atomic E-state index is -0.380. The molecule has 0 heterocycles. The molecular formula is C10H22N2O. The number of aliphatic hydroxyl groups is 1. The summed E-state index contributed by atoms with van der Waals surface area (Å²) in [7, 11) is 3.77. The van der Waals surface area contributed by atoms with Crippen molar-refractivity contribution in [2.75, 3.05) is 27.2 Å². The number of aliphatic hydroxyl groups excluding tert-OH is 1. The minimum absolute atomic E-state index is 0.380. The number of hydrogen-bond donors (Lipinski definition) is 1. The maximum absolute atomic E-state index is 9.35. The summed E-state index contributed by atoms with van der Waals surface area (Å²) >= 11 is 0. The van der Waals surface area contributed by atoms with Gasteiger partial charge in [-0.15, -0.1) is 0 Å². The van der Waals surface area contributed by atoms with Gasteiger partial charge in [0.05, 0.1) is 6.10 Å². The van der Waals surface area contributed by atoms with E-state index in [0.717, 1.165) is 19.5 Å². The zero-order chi connectivity index (χ0) is 10.1. The molecule has 78 valence electrons. The molecule has 1 atom stereocenters. The molecule has 0 aliphatic carbocycles. The van der Waals surface area contributed by atoms with Crippen LogP contribution in [-0.4, -0.2) is 49.5 Å². The lowest BCUT2D eigenvalue weighted by atomic mass is 10.2. The normalized spacial score (nSPS) is 14.2. The average Bonchev–Trinajstić information content (AvgIpc) is 2.12. The largest absolute Gasteiger partial charge is 0.387 e. The van der Waals surface area contributed by atoms with Gasteiger partial charge < -0.3 is 10.0 Å². The molecule has 0 radical (unpaired) electrons. The highest BCUT2D eigenvalue weighted by atomic mass is 16.3. The van der Waals surface area contributed by atoms with Crippen LogP contribution in [0.3, 0.4) is 0 Å². The Morgan fingerprint density at radius 1 is 1.46 bits per heavy atom. The molecule has 0 spiro atoms. The van der Waals surface area contributed by atoms with Crippen molar-refractivity contribution in [3.63, 3.8) is 0 Å². The van der Waals surface area contributed by atoms with E-state index >= 15 is 0 Å². The lowest BCUT2D eigenvalue weighted by molar-refractivity contribution is 0.206. The Kier molecular flexibility index (Phi) is 7.94. The zero-order valence-electron chi connectivity index (χ0n) is 9.03. The van der Waals surface area contributed by atoms with Crippen molar-refractivity contribution in [2.24, 2.45) is 4.99 Å². The van der Waals surface area contributed by atoms with Gasteiger partial charge in [-0.05, 0) is 26.4 Å². The van der Waals surface area contributed by atoms with Gasteiger partial charge in [-0.1, -0.05) is 13.3 Å². The predicted octanol–water partition coefficient (Wildman–Crippen LogP) is 1.17. The van der Waals surface area contributed by atoms with Gasteiger partial charge in [0.1, 0.15) is 0 Å². The van der Waals surface area contributed by atoms with Crippen molar-refractivity contribution in [1.29, 1.82) is 0 Å². The second-order valence-electron chi connectivity index (χ2n) is 3.42. The molecule has 0 aromatic carbocycles. The Hall–Kier alpha value is -0.410. The maximum atomic E-state index is 9.35. The summed E-state index contributed by atoms with van der Waals surface area (Å²) in [4.78, 5) is 6.03. The van der Waals surface area contributed by atoms with Gasteiger partial charge in [0, 0.05) is 19.8 Å². The van der Waals surface area contributed by atoms with Crippen molar-refractivity contribution in [1.82, 2.24) is 4.90 Å². The van der Waals surface area contributed by atoms with Crippen molar-refractivity contribution >= 4 is 6.21 Å². The third kappa shape index (κ3) is 7.94. The van der Waals surface area contributed by atoms with Gasteiger partial charge in [0.2, 0.25) is 0 Å². The van der Waals surface area contributed by atoms with Gasteiger partial charge in [-0.2, -0.15) is 0 Å². The van der Waals surface area contributed by atoms with E-state index in [9.17, 15) is 5.11 Å². The van der Waals surface area contributed by atoms with Crippen LogP contribution in [0.4, 0.5) is 0 Å². The fraction of sp³-hybridized carbons (Fsp3) is 0.900. The maximum Gasteiger partial charge on any atom is 0.0898 e. The summed E-state index contributed by atoms with van der Waals surface area (Å²) in [6, 6.07) is 0. The van der Waals surface area contributed by atoms with E-state index in [1.54, 1.807) is 13.3 Å². The van der Waals surface area contributed by atoms with Crippen LogP contribution < -0.4 is 0 Å². The van der Waals surface area contributed by atoms with Crippen molar-refractivity contribution < 1.29 is 5.11 Å². The molecule has 0 aromatic rings. The molecule has 0 aromatic heterocycles. The van der Waals surface area contributed by atoms with E-state index in [0.29, 0.717) is 0 Å². The lowest BCUT2D eigenvalue weighted by Crippen LogP contribution is -2.24. The highest BCUT2D eigenvalue weighted by Gasteiger charge is 2.02. The summed E-state index contributed by atoms with van der Waals surface area (Å²) in [5.41, 5.74) is 0. The van der Waals surface area contributed by atoms with Crippen molar-refractivity contribution in [3.05, 3.63) is 0 Å². The molecule has 0 saturated carbocycles. The van der Waals surface area contributed by atoms with Crippen LogP contribution in [0.2, 0.25) is 0 Å². The predicted molar refractivity (Wildman–Crippen MR) is 57.4 cm³/mol. The number of nitrogens with zero attached hydrogens (tertiary/aromatic N) is 2. The Balaban J connectivity index is 3.39. The Morgan fingerprint density at radius 2 is 2.15 bits per heavy atom. The Labute approximate surface area is 81.5 Å². The minimum Gasteiger partial charge on any atom is -0.387 e. The molecule has 0 amide bonds. The van der Waals surface area contributed by atoms with Crippen LogP contribution in [0, 0.1) is 0 Å². The van der Waals surface area contributed by atoms with E-state index in [1.165, 1.54) is 12.8 Å². The molecule has 0 saturated heterocycles. The summed E-state index contributed by atoms with van der Waals surface area (Å²) in [6.07, 6.45) is 4.44. The summed E-state index contributed by atoms with van der Waals surface area (Å²) in [6.45, 7) is 4.24. The van der Waals surface area contributed by atoms with Crippen LogP contribution in [0.15, 0.2) is 4.99 Å².